The summed E-state index contributed by atoms with van der Waals surface area (Å²) in [4.78, 5) is 14.7. The summed E-state index contributed by atoms with van der Waals surface area (Å²) in [6.07, 6.45) is 2.14. The highest BCUT2D eigenvalue weighted by molar-refractivity contribution is 5.97. The summed E-state index contributed by atoms with van der Waals surface area (Å²) >= 11 is 0. The van der Waals surface area contributed by atoms with Gasteiger partial charge in [0.05, 0.1) is 31.8 Å². The molecule has 1 aromatic heterocycles. The zero-order chi connectivity index (χ0) is 20.1. The number of fused-ring (bicyclic) bond motifs is 1. The standard InChI is InChI=1S/C23H24N2O3/c1-4-27-20-8-6-19(7-9-20)25(11-5-10-24)23(26)14-18-15-28-22-13-17(3)16(2)12-21(18)22/h6-9,12-13,15H,4-5,11,14H2,1-3H3. The van der Waals surface area contributed by atoms with Crippen molar-refractivity contribution in [2.24, 2.45) is 0 Å². The number of amides is 1. The molecule has 1 heterocycles. The number of aryl methyl sites for hydroxylation is 2. The van der Waals surface area contributed by atoms with Crippen LogP contribution in [0.3, 0.4) is 0 Å². The van der Waals surface area contributed by atoms with Gasteiger partial charge in [-0.2, -0.15) is 5.26 Å². The van der Waals surface area contributed by atoms with Gasteiger partial charge >= 0.3 is 0 Å². The fraction of sp³-hybridized carbons (Fsp3) is 0.304. The molecule has 5 heteroatoms. The van der Waals surface area contributed by atoms with Crippen LogP contribution in [-0.2, 0) is 11.2 Å². The minimum absolute atomic E-state index is 0.0691. The normalized spacial score (nSPS) is 10.6. The van der Waals surface area contributed by atoms with Gasteiger partial charge in [-0.1, -0.05) is 0 Å². The van der Waals surface area contributed by atoms with Crippen LogP contribution in [0.1, 0.15) is 30.0 Å². The summed E-state index contributed by atoms with van der Waals surface area (Å²) in [5, 5.41) is 9.95. The van der Waals surface area contributed by atoms with Gasteiger partial charge in [0.15, 0.2) is 0 Å². The molecule has 0 aliphatic rings. The Balaban J connectivity index is 1.86. The minimum Gasteiger partial charge on any atom is -0.494 e. The number of furan rings is 1. The SMILES string of the molecule is CCOc1ccc(N(CCC#N)C(=O)Cc2coc3cc(C)c(C)cc23)cc1. The number of carbonyl (C=O) groups excluding carboxylic acids is 1. The first-order chi connectivity index (χ1) is 13.5. The number of rotatable bonds is 7. The van der Waals surface area contributed by atoms with Gasteiger partial charge < -0.3 is 14.1 Å². The number of ether oxygens (including phenoxy) is 1. The van der Waals surface area contributed by atoms with Gasteiger partial charge in [-0.15, -0.1) is 0 Å². The van der Waals surface area contributed by atoms with E-state index in [9.17, 15) is 4.79 Å². The van der Waals surface area contributed by atoms with E-state index in [2.05, 4.69) is 12.1 Å². The maximum absolute atomic E-state index is 13.1. The van der Waals surface area contributed by atoms with Crippen LogP contribution in [0.15, 0.2) is 47.1 Å². The summed E-state index contributed by atoms with van der Waals surface area (Å²) in [6.45, 7) is 6.94. The molecule has 0 N–H and O–H groups in total. The van der Waals surface area contributed by atoms with Crippen LogP contribution in [0.2, 0.25) is 0 Å². The molecule has 0 aliphatic heterocycles. The second-order valence-electron chi connectivity index (χ2n) is 6.75. The lowest BCUT2D eigenvalue weighted by atomic mass is 10.0. The molecule has 2 aromatic carbocycles. The van der Waals surface area contributed by atoms with E-state index in [1.807, 2.05) is 51.1 Å². The lowest BCUT2D eigenvalue weighted by molar-refractivity contribution is -0.118. The van der Waals surface area contributed by atoms with Gasteiger partial charge in [0.1, 0.15) is 11.3 Å². The van der Waals surface area contributed by atoms with Crippen molar-refractivity contribution < 1.29 is 13.9 Å². The van der Waals surface area contributed by atoms with E-state index in [1.165, 1.54) is 0 Å². The third kappa shape index (κ3) is 4.17. The first-order valence-corrected chi connectivity index (χ1v) is 9.41. The molecule has 0 bridgehead atoms. The number of carbonyl (C=O) groups is 1. The van der Waals surface area contributed by atoms with Crippen molar-refractivity contribution in [3.8, 4) is 11.8 Å². The van der Waals surface area contributed by atoms with E-state index >= 15 is 0 Å². The van der Waals surface area contributed by atoms with Crippen molar-refractivity contribution in [2.75, 3.05) is 18.1 Å². The summed E-state index contributed by atoms with van der Waals surface area (Å²) < 4.78 is 11.1. The van der Waals surface area contributed by atoms with Crippen molar-refractivity contribution in [1.29, 1.82) is 5.26 Å². The molecule has 0 aliphatic carbocycles. The Kier molecular flexibility index (Phi) is 6.00. The van der Waals surface area contributed by atoms with Crippen LogP contribution in [-0.4, -0.2) is 19.1 Å². The second kappa shape index (κ2) is 8.62. The first kappa shape index (κ1) is 19.5. The molecule has 0 radical (unpaired) electrons. The molecule has 0 spiro atoms. The smallest absolute Gasteiger partial charge is 0.231 e. The van der Waals surface area contributed by atoms with Crippen LogP contribution in [0.4, 0.5) is 5.69 Å². The van der Waals surface area contributed by atoms with E-state index < -0.39 is 0 Å². The summed E-state index contributed by atoms with van der Waals surface area (Å²) in [7, 11) is 0. The molecule has 3 rings (SSSR count). The quantitative estimate of drug-likeness (QED) is 0.586. The molecule has 28 heavy (non-hydrogen) atoms. The lowest BCUT2D eigenvalue weighted by Crippen LogP contribution is -2.33. The first-order valence-electron chi connectivity index (χ1n) is 9.41. The van der Waals surface area contributed by atoms with Gasteiger partial charge in [0.25, 0.3) is 0 Å². The Morgan fingerprint density at radius 3 is 2.57 bits per heavy atom. The predicted molar refractivity (Wildman–Crippen MR) is 110 cm³/mol. The molecule has 0 fully saturated rings. The fourth-order valence-corrected chi connectivity index (χ4v) is 3.18. The van der Waals surface area contributed by atoms with Crippen LogP contribution in [0.5, 0.6) is 5.75 Å². The largest absolute Gasteiger partial charge is 0.494 e. The summed E-state index contributed by atoms with van der Waals surface area (Å²) in [5.74, 6) is 0.686. The van der Waals surface area contributed by atoms with Crippen molar-refractivity contribution in [2.45, 2.75) is 33.6 Å². The molecule has 0 saturated carbocycles. The number of anilines is 1. The number of benzene rings is 2. The Bertz CT molecular complexity index is 1010. The third-order valence-corrected chi connectivity index (χ3v) is 4.82. The van der Waals surface area contributed by atoms with Crippen molar-refractivity contribution in [1.82, 2.24) is 0 Å². The van der Waals surface area contributed by atoms with E-state index in [0.717, 1.165) is 39.1 Å². The topological polar surface area (TPSA) is 66.5 Å². The maximum Gasteiger partial charge on any atom is 0.231 e. The molecule has 1 amide bonds. The Labute approximate surface area is 165 Å². The van der Waals surface area contributed by atoms with E-state index in [0.29, 0.717) is 13.2 Å². The molecule has 144 valence electrons. The second-order valence-corrected chi connectivity index (χ2v) is 6.75. The van der Waals surface area contributed by atoms with Crippen LogP contribution >= 0.6 is 0 Å². The van der Waals surface area contributed by atoms with Gasteiger partial charge in [-0.05, 0) is 68.3 Å². The lowest BCUT2D eigenvalue weighted by Gasteiger charge is -2.22. The van der Waals surface area contributed by atoms with E-state index in [-0.39, 0.29) is 18.7 Å². The Morgan fingerprint density at radius 2 is 1.89 bits per heavy atom. The van der Waals surface area contributed by atoms with Crippen LogP contribution < -0.4 is 9.64 Å². The highest BCUT2D eigenvalue weighted by Crippen LogP contribution is 2.27. The van der Waals surface area contributed by atoms with Crippen molar-refractivity contribution in [3.63, 3.8) is 0 Å². The van der Waals surface area contributed by atoms with Crippen LogP contribution in [0.25, 0.3) is 11.0 Å². The summed E-state index contributed by atoms with van der Waals surface area (Å²) in [5.41, 5.74) is 4.72. The highest BCUT2D eigenvalue weighted by Gasteiger charge is 2.19. The Morgan fingerprint density at radius 1 is 1.18 bits per heavy atom. The number of hydrogen-bond acceptors (Lipinski definition) is 4. The minimum atomic E-state index is -0.0691. The van der Waals surface area contributed by atoms with Crippen molar-refractivity contribution >= 4 is 22.6 Å². The maximum atomic E-state index is 13.1. The molecule has 0 saturated heterocycles. The fourth-order valence-electron chi connectivity index (χ4n) is 3.18. The van der Waals surface area contributed by atoms with Gasteiger partial charge in [0, 0.05) is 23.2 Å². The van der Waals surface area contributed by atoms with Gasteiger partial charge in [0.2, 0.25) is 5.91 Å². The van der Waals surface area contributed by atoms with E-state index in [4.69, 9.17) is 14.4 Å². The van der Waals surface area contributed by atoms with E-state index in [1.54, 1.807) is 11.2 Å². The molecule has 5 nitrogen and oxygen atoms in total. The average Bonchev–Trinajstić information content (AvgIpc) is 3.05. The van der Waals surface area contributed by atoms with Gasteiger partial charge in [-0.3, -0.25) is 4.79 Å². The van der Waals surface area contributed by atoms with Gasteiger partial charge in [-0.25, -0.2) is 0 Å². The zero-order valence-corrected chi connectivity index (χ0v) is 16.5. The number of nitrogens with zero attached hydrogens (tertiary/aromatic N) is 2. The predicted octanol–water partition coefficient (Wildman–Crippen LogP) is 4.94. The zero-order valence-electron chi connectivity index (χ0n) is 16.5. The number of nitriles is 1. The monoisotopic (exact) mass is 376 g/mol. The molecule has 0 atom stereocenters. The molecular weight excluding hydrogens is 352 g/mol. The third-order valence-electron chi connectivity index (χ3n) is 4.82. The number of hydrogen-bond donors (Lipinski definition) is 0. The average molecular weight is 376 g/mol. The molecule has 0 unspecified atom stereocenters. The highest BCUT2D eigenvalue weighted by atomic mass is 16.5. The van der Waals surface area contributed by atoms with Crippen LogP contribution in [0, 0.1) is 25.2 Å². The van der Waals surface area contributed by atoms with Crippen molar-refractivity contribution in [3.05, 3.63) is 59.4 Å². The Hall–Kier alpha value is -3.26. The molecular formula is C23H24N2O3. The summed E-state index contributed by atoms with van der Waals surface area (Å²) in [6, 6.07) is 13.6. The molecule has 3 aromatic rings.